The monoisotopic (exact) mass is 1070 g/mol. The first-order valence-electron chi connectivity index (χ1n) is 25.2. The minimum Gasteiger partial charge on any atom is -0.480 e. The number of guanidine groups is 2. The summed E-state index contributed by atoms with van der Waals surface area (Å²) in [4.78, 5) is 135. The molecule has 0 aliphatic carbocycles. The molecule has 1 unspecified atom stereocenters. The van der Waals surface area contributed by atoms with Crippen LogP contribution in [0.3, 0.4) is 0 Å². The number of carbonyl (C=O) groups is 9. The Balaban J connectivity index is 1.54. The van der Waals surface area contributed by atoms with Gasteiger partial charge in [0.25, 0.3) is 0 Å². The number of aromatic amines is 2. The maximum absolute atomic E-state index is 14.7. The number of H-pyrrole nitrogens is 2. The van der Waals surface area contributed by atoms with Crippen molar-refractivity contribution in [3.05, 3.63) is 90.1 Å². The molecule has 77 heavy (non-hydrogen) atoms. The summed E-state index contributed by atoms with van der Waals surface area (Å²) in [7, 11) is 0. The molecule has 3 heterocycles. The average Bonchev–Trinajstić information content (AvgIpc) is 4.07. The van der Waals surface area contributed by atoms with E-state index in [0.717, 1.165) is 10.9 Å². The van der Waals surface area contributed by atoms with E-state index in [0.29, 0.717) is 16.8 Å². The second-order valence-electron chi connectivity index (χ2n) is 18.5. The number of nitrogens with one attached hydrogen (secondary N) is 14. The van der Waals surface area contributed by atoms with Crippen LogP contribution in [0.15, 0.2) is 73.3 Å². The van der Waals surface area contributed by atoms with Gasteiger partial charge in [0.15, 0.2) is 11.9 Å². The van der Waals surface area contributed by atoms with Crippen molar-refractivity contribution in [2.75, 3.05) is 19.6 Å². The second kappa shape index (κ2) is 29.7. The summed E-state index contributed by atoms with van der Waals surface area (Å²) >= 11 is 0. The first-order chi connectivity index (χ1) is 36.9. The second-order valence-corrected chi connectivity index (χ2v) is 18.5. The van der Waals surface area contributed by atoms with Crippen molar-refractivity contribution in [1.82, 2.24) is 68.1 Å². The number of fused-ring (bicyclic) bond motifs is 1. The molecule has 0 radical (unpaired) electrons. The summed E-state index contributed by atoms with van der Waals surface area (Å²) in [5, 5.41) is 52.6. The lowest BCUT2D eigenvalue weighted by Crippen LogP contribution is -2.60. The Morgan fingerprint density at radius 2 is 1.35 bits per heavy atom. The molecular weight excluding hydrogens is 999 g/mol. The first kappa shape index (κ1) is 58.8. The number of rotatable bonds is 18. The van der Waals surface area contributed by atoms with Crippen LogP contribution in [0.2, 0.25) is 0 Å². The van der Waals surface area contributed by atoms with E-state index < -0.39 is 95.5 Å². The Hall–Kier alpha value is -9.04. The van der Waals surface area contributed by atoms with Crippen LogP contribution in [-0.4, -0.2) is 147 Å². The molecule has 19 N–H and O–H groups in total. The van der Waals surface area contributed by atoms with Crippen molar-refractivity contribution in [2.24, 2.45) is 11.5 Å². The third-order valence-electron chi connectivity index (χ3n) is 12.4. The van der Waals surface area contributed by atoms with Crippen LogP contribution in [0.5, 0.6) is 0 Å². The van der Waals surface area contributed by atoms with Gasteiger partial charge in [-0.3, -0.25) is 49.2 Å². The predicted molar refractivity (Wildman–Crippen MR) is 281 cm³/mol. The Morgan fingerprint density at radius 3 is 2.01 bits per heavy atom. The highest BCUT2D eigenvalue weighted by Gasteiger charge is 2.35. The summed E-state index contributed by atoms with van der Waals surface area (Å²) in [5.41, 5.74) is 13.1. The van der Waals surface area contributed by atoms with E-state index in [4.69, 9.17) is 22.3 Å². The number of hydrogen-bond donors (Lipinski definition) is 17. The van der Waals surface area contributed by atoms with Crippen LogP contribution in [0.1, 0.15) is 75.1 Å². The number of amides is 8. The summed E-state index contributed by atoms with van der Waals surface area (Å²) in [6.07, 6.45) is 3.54. The van der Waals surface area contributed by atoms with E-state index in [1.54, 1.807) is 54.7 Å². The molecule has 1 saturated heterocycles. The van der Waals surface area contributed by atoms with Gasteiger partial charge in [-0.2, -0.15) is 0 Å². The van der Waals surface area contributed by atoms with Crippen molar-refractivity contribution in [3.63, 3.8) is 0 Å². The molecule has 8 amide bonds. The van der Waals surface area contributed by atoms with E-state index in [-0.39, 0.29) is 102 Å². The molecule has 5 rings (SSSR count). The molecule has 0 spiro atoms. The van der Waals surface area contributed by atoms with Gasteiger partial charge in [-0.05, 0) is 62.1 Å². The maximum atomic E-state index is 14.7. The van der Waals surface area contributed by atoms with Gasteiger partial charge in [0.2, 0.25) is 47.3 Å². The Bertz CT molecular complexity index is 2700. The molecule has 4 aromatic rings. The van der Waals surface area contributed by atoms with Gasteiger partial charge in [0.05, 0.1) is 12.0 Å². The standard InChI is InChI=1S/C50H69N17O10/c1-28(68)61-34(14-8-20-57-49(51)52)42(70)62-35-15-7-19-56-41(69)18-17-37(48(76)77)64-46(74)39(23-30-25-59-33-13-6-5-12-32(30)33)66-43(71)36(16-9-21-58-50(53)54)63-45(73)38(22-29-10-3-2-4-11-29)65-47(75)40(67-44(35)72)24-31-26-55-27-60-31/h2-6,10-13,25-27,34-40,59H,7-9,14-24H2,1H3,(H,55,60)(H,56,69)(H,61,68)(H,62,70)(H,63,73)(H,64,74)(H,65,75)(H,66,71)(H,67,72)(H,76,77)(H4,51,52,57)(H4,53,54,58)/t34-,35-,36-,37?,38+,39-,40-/m0/s1. The lowest BCUT2D eigenvalue weighted by Gasteiger charge is -2.28. The number of aliphatic carboxylic acids is 1. The molecule has 0 saturated carbocycles. The average molecular weight is 1070 g/mol. The number of imidazole rings is 1. The molecule has 1 aliphatic heterocycles. The highest BCUT2D eigenvalue weighted by atomic mass is 16.4. The van der Waals surface area contributed by atoms with Crippen LogP contribution < -0.4 is 64.6 Å². The molecule has 1 fully saturated rings. The third-order valence-corrected chi connectivity index (χ3v) is 12.4. The molecule has 2 aromatic carbocycles. The van der Waals surface area contributed by atoms with Crippen LogP contribution in [0, 0.1) is 10.8 Å². The smallest absolute Gasteiger partial charge is 0.326 e. The molecule has 7 atom stereocenters. The minimum atomic E-state index is -1.61. The summed E-state index contributed by atoms with van der Waals surface area (Å²) in [6, 6.07) is 5.92. The third kappa shape index (κ3) is 19.6. The molecular formula is C50H69N17O10. The maximum Gasteiger partial charge on any atom is 0.326 e. The Labute approximate surface area is 443 Å². The van der Waals surface area contributed by atoms with Gasteiger partial charge in [-0.25, -0.2) is 9.78 Å². The quantitative estimate of drug-likeness (QED) is 0.0282. The molecule has 0 bridgehead atoms. The lowest BCUT2D eigenvalue weighted by molar-refractivity contribution is -0.142. The van der Waals surface area contributed by atoms with E-state index in [1.165, 1.54) is 19.4 Å². The number of benzene rings is 2. The summed E-state index contributed by atoms with van der Waals surface area (Å²) < 4.78 is 0. The highest BCUT2D eigenvalue weighted by molar-refractivity contribution is 5.98. The van der Waals surface area contributed by atoms with Crippen molar-refractivity contribution < 1.29 is 48.3 Å². The summed E-state index contributed by atoms with van der Waals surface area (Å²) in [6.45, 7) is 1.41. The lowest BCUT2D eigenvalue weighted by atomic mass is 10.0. The molecule has 27 nitrogen and oxygen atoms in total. The van der Waals surface area contributed by atoms with Crippen molar-refractivity contribution in [1.29, 1.82) is 10.8 Å². The van der Waals surface area contributed by atoms with Gasteiger partial charge in [-0.15, -0.1) is 0 Å². The van der Waals surface area contributed by atoms with E-state index in [9.17, 15) is 48.3 Å². The zero-order chi connectivity index (χ0) is 55.9. The fourth-order valence-corrected chi connectivity index (χ4v) is 8.51. The summed E-state index contributed by atoms with van der Waals surface area (Å²) in [5.74, 6) is -8.38. The van der Waals surface area contributed by atoms with Crippen LogP contribution in [0.4, 0.5) is 0 Å². The first-order valence-corrected chi connectivity index (χ1v) is 25.2. The van der Waals surface area contributed by atoms with E-state index in [2.05, 4.69) is 68.1 Å². The van der Waals surface area contributed by atoms with Crippen LogP contribution >= 0.6 is 0 Å². The van der Waals surface area contributed by atoms with Gasteiger partial charge in [-0.1, -0.05) is 48.5 Å². The molecule has 1 aliphatic rings. The number of carbonyl (C=O) groups excluding carboxylic acids is 8. The van der Waals surface area contributed by atoms with E-state index in [1.807, 2.05) is 6.07 Å². The Morgan fingerprint density at radius 1 is 0.740 bits per heavy atom. The van der Waals surface area contributed by atoms with Gasteiger partial charge in [0.1, 0.15) is 42.3 Å². The SMILES string of the molecule is CC(=O)N[C@@H](CCCNC(=N)N)C(=O)N[C@H]1CCCNC(=O)CCC(C(=O)O)NC(=O)[C@H](Cc2c[nH]c3ccccc23)NC(=O)[C@H](CCCNC(=N)N)NC(=O)[C@@H](Cc2ccccc2)NC(=O)[C@H](Cc2c[nH]cn2)NC1=O. The fourth-order valence-electron chi connectivity index (χ4n) is 8.51. The van der Waals surface area contributed by atoms with Gasteiger partial charge < -0.3 is 79.7 Å². The van der Waals surface area contributed by atoms with E-state index >= 15 is 0 Å². The molecule has 414 valence electrons. The number of hydrogen-bond acceptors (Lipinski definition) is 12. The number of carboxylic acid groups (broad SMARTS) is 1. The van der Waals surface area contributed by atoms with Crippen LogP contribution in [0.25, 0.3) is 10.9 Å². The number of nitrogens with two attached hydrogens (primary N) is 2. The molecule has 2 aromatic heterocycles. The zero-order valence-electron chi connectivity index (χ0n) is 42.6. The molecule has 27 heteroatoms. The van der Waals surface area contributed by atoms with Gasteiger partial charge >= 0.3 is 5.97 Å². The normalized spacial score (nSPS) is 20.8. The largest absolute Gasteiger partial charge is 0.480 e. The number of para-hydroxylation sites is 1. The fraction of sp³-hybridized carbons (Fsp3) is 0.440. The number of aromatic nitrogens is 3. The van der Waals surface area contributed by atoms with Crippen molar-refractivity contribution >= 4 is 76.0 Å². The number of nitrogens with zero attached hydrogens (tertiary/aromatic N) is 1. The predicted octanol–water partition coefficient (Wildman–Crippen LogP) is -2.37. The number of carboxylic acids is 1. The van der Waals surface area contributed by atoms with Gasteiger partial charge in [0, 0.05) is 75.5 Å². The minimum absolute atomic E-state index is 0.0489. The topological polar surface area (TPSA) is 438 Å². The van der Waals surface area contributed by atoms with Crippen molar-refractivity contribution in [3.8, 4) is 0 Å². The highest BCUT2D eigenvalue weighted by Crippen LogP contribution is 2.20. The van der Waals surface area contributed by atoms with Crippen LogP contribution in [-0.2, 0) is 62.4 Å². The van der Waals surface area contributed by atoms with Crippen molar-refractivity contribution in [2.45, 2.75) is 120 Å². The Kier molecular flexibility index (Phi) is 22.7. The zero-order valence-corrected chi connectivity index (χ0v) is 42.6.